The number of aryl methyl sites for hydroxylation is 1. The van der Waals surface area contributed by atoms with Crippen LogP contribution in [0.2, 0.25) is 0 Å². The normalized spacial score (nSPS) is 10.5. The van der Waals surface area contributed by atoms with E-state index in [9.17, 15) is 14.9 Å². The van der Waals surface area contributed by atoms with Crippen LogP contribution in [0.15, 0.2) is 18.3 Å². The summed E-state index contributed by atoms with van der Waals surface area (Å²) < 4.78 is 1.57. The molecule has 0 spiro atoms. The first-order valence-corrected chi connectivity index (χ1v) is 4.22. The minimum atomic E-state index is -0.559. The molecule has 0 radical (unpaired) electrons. The fraction of sp³-hybridized carbons (Fsp3) is 0.111. The van der Waals surface area contributed by atoms with Crippen LogP contribution in [0, 0.1) is 17.0 Å². The number of aromatic nitrogens is 2. The lowest BCUT2D eigenvalue weighted by Crippen LogP contribution is -1.91. The van der Waals surface area contributed by atoms with E-state index in [2.05, 4.69) is 4.98 Å². The van der Waals surface area contributed by atoms with Gasteiger partial charge in [-0.3, -0.25) is 9.20 Å². The molecule has 0 bridgehead atoms. The molecule has 0 saturated carbocycles. The van der Waals surface area contributed by atoms with Crippen molar-refractivity contribution in [1.29, 1.82) is 0 Å². The number of nitro groups is 1. The van der Waals surface area contributed by atoms with Crippen LogP contribution in [0.3, 0.4) is 0 Å². The Hall–Kier alpha value is -2.24. The van der Waals surface area contributed by atoms with E-state index in [1.54, 1.807) is 23.6 Å². The Morgan fingerprint density at radius 1 is 1.60 bits per heavy atom. The summed E-state index contributed by atoms with van der Waals surface area (Å²) in [5.74, 6) is 0.297. The molecule has 2 heterocycles. The van der Waals surface area contributed by atoms with Crippen molar-refractivity contribution >= 4 is 17.6 Å². The van der Waals surface area contributed by atoms with Gasteiger partial charge in [0.05, 0.1) is 0 Å². The summed E-state index contributed by atoms with van der Waals surface area (Å²) in [4.78, 5) is 24.5. The van der Waals surface area contributed by atoms with Gasteiger partial charge < -0.3 is 10.1 Å². The van der Waals surface area contributed by atoms with Gasteiger partial charge in [-0.05, 0) is 22.0 Å². The lowest BCUT2D eigenvalue weighted by molar-refractivity contribution is -0.387. The van der Waals surface area contributed by atoms with Gasteiger partial charge in [0.15, 0.2) is 0 Å². The Bertz CT molecular complexity index is 559. The Morgan fingerprint density at radius 2 is 2.33 bits per heavy atom. The van der Waals surface area contributed by atoms with Gasteiger partial charge in [-0.25, -0.2) is 0 Å². The van der Waals surface area contributed by atoms with Crippen molar-refractivity contribution in [3.63, 3.8) is 0 Å². The quantitative estimate of drug-likeness (QED) is 0.421. The maximum Gasteiger partial charge on any atom is 0.389 e. The summed E-state index contributed by atoms with van der Waals surface area (Å²) in [5, 5.41) is 10.7. The first-order chi connectivity index (χ1) is 7.13. The molecule has 6 heteroatoms. The Labute approximate surface area is 84.3 Å². The maximum absolute atomic E-state index is 10.7. The topological polar surface area (TPSA) is 77.5 Å². The van der Waals surface area contributed by atoms with E-state index in [-0.39, 0.29) is 5.82 Å². The predicted molar refractivity (Wildman–Crippen MR) is 52.0 cm³/mol. The highest BCUT2D eigenvalue weighted by molar-refractivity contribution is 5.79. The second-order valence-corrected chi connectivity index (χ2v) is 3.07. The van der Waals surface area contributed by atoms with E-state index < -0.39 is 4.92 Å². The smallest absolute Gasteiger partial charge is 0.358 e. The predicted octanol–water partition coefficient (Wildman–Crippen LogP) is 1.36. The summed E-state index contributed by atoms with van der Waals surface area (Å²) in [6.45, 7) is 1.67. The molecule has 2 aromatic rings. The van der Waals surface area contributed by atoms with Crippen molar-refractivity contribution in [2.75, 3.05) is 0 Å². The summed E-state index contributed by atoms with van der Waals surface area (Å²) in [6, 6.07) is 3.03. The van der Waals surface area contributed by atoms with Gasteiger partial charge >= 0.3 is 5.82 Å². The van der Waals surface area contributed by atoms with E-state index >= 15 is 0 Å². The highest BCUT2D eigenvalue weighted by Crippen LogP contribution is 2.20. The number of rotatable bonds is 2. The summed E-state index contributed by atoms with van der Waals surface area (Å²) in [7, 11) is 0. The molecule has 76 valence electrons. The molecule has 0 atom stereocenters. The van der Waals surface area contributed by atoms with Crippen LogP contribution in [-0.4, -0.2) is 20.6 Å². The number of nitrogens with zero attached hydrogens (tertiary/aromatic N) is 3. The molecular formula is C9H7N3O3. The average molecular weight is 205 g/mol. The number of imidazole rings is 1. The largest absolute Gasteiger partial charge is 0.389 e. The Kier molecular flexibility index (Phi) is 1.96. The molecule has 2 rings (SSSR count). The standard InChI is InChI=1S/C9H7N3O3/c1-6-10-9(12(14)15)8-4-7(5-13)2-3-11(6)8/h2-5H,1H3. The molecule has 0 unspecified atom stereocenters. The lowest BCUT2D eigenvalue weighted by atomic mass is 10.2. The summed E-state index contributed by atoms with van der Waals surface area (Å²) >= 11 is 0. The third-order valence-corrected chi connectivity index (χ3v) is 2.13. The molecule has 2 aromatic heterocycles. The van der Waals surface area contributed by atoms with E-state index in [1.165, 1.54) is 6.07 Å². The van der Waals surface area contributed by atoms with Gasteiger partial charge in [-0.15, -0.1) is 0 Å². The van der Waals surface area contributed by atoms with Gasteiger partial charge in [0, 0.05) is 18.7 Å². The molecule has 0 aliphatic rings. The van der Waals surface area contributed by atoms with Crippen LogP contribution in [0.1, 0.15) is 16.2 Å². The number of hydrogen-bond donors (Lipinski definition) is 0. The van der Waals surface area contributed by atoms with Gasteiger partial charge in [0.2, 0.25) is 5.82 Å². The second kappa shape index (κ2) is 3.16. The fourth-order valence-electron chi connectivity index (χ4n) is 1.44. The summed E-state index contributed by atoms with van der Waals surface area (Å²) in [6.07, 6.45) is 2.24. The summed E-state index contributed by atoms with van der Waals surface area (Å²) in [5.41, 5.74) is 0.729. The number of aldehydes is 1. The van der Waals surface area contributed by atoms with Crippen molar-refractivity contribution in [1.82, 2.24) is 9.38 Å². The number of pyridine rings is 1. The number of carbonyl (C=O) groups excluding carboxylic acids is 1. The van der Waals surface area contributed by atoms with Crippen LogP contribution in [-0.2, 0) is 0 Å². The van der Waals surface area contributed by atoms with Gasteiger partial charge in [0.25, 0.3) is 0 Å². The lowest BCUT2D eigenvalue weighted by Gasteiger charge is -1.94. The van der Waals surface area contributed by atoms with Crippen LogP contribution < -0.4 is 0 Å². The third kappa shape index (κ3) is 1.35. The first kappa shape index (κ1) is 9.32. The van der Waals surface area contributed by atoms with Crippen LogP contribution in [0.4, 0.5) is 5.82 Å². The van der Waals surface area contributed by atoms with Gasteiger partial charge in [-0.2, -0.15) is 0 Å². The molecule has 15 heavy (non-hydrogen) atoms. The first-order valence-electron chi connectivity index (χ1n) is 4.22. The minimum Gasteiger partial charge on any atom is -0.358 e. The Morgan fingerprint density at radius 3 is 2.93 bits per heavy atom. The van der Waals surface area contributed by atoms with Crippen LogP contribution in [0.5, 0.6) is 0 Å². The third-order valence-electron chi connectivity index (χ3n) is 2.13. The molecule has 0 N–H and O–H groups in total. The maximum atomic E-state index is 10.7. The number of carbonyl (C=O) groups is 1. The van der Waals surface area contributed by atoms with E-state index in [1.807, 2.05) is 0 Å². The molecule has 0 amide bonds. The molecule has 0 saturated heterocycles. The van der Waals surface area contributed by atoms with Crippen molar-refractivity contribution < 1.29 is 9.72 Å². The highest BCUT2D eigenvalue weighted by atomic mass is 16.6. The Balaban J connectivity index is 2.82. The average Bonchev–Trinajstić information content (AvgIpc) is 2.56. The zero-order valence-corrected chi connectivity index (χ0v) is 7.88. The van der Waals surface area contributed by atoms with Crippen LogP contribution in [0.25, 0.3) is 5.52 Å². The van der Waals surface area contributed by atoms with Crippen molar-refractivity contribution in [2.24, 2.45) is 0 Å². The zero-order chi connectivity index (χ0) is 11.0. The molecule has 0 fully saturated rings. The highest BCUT2D eigenvalue weighted by Gasteiger charge is 2.19. The zero-order valence-electron chi connectivity index (χ0n) is 7.88. The van der Waals surface area contributed by atoms with Crippen LogP contribution >= 0.6 is 0 Å². The van der Waals surface area contributed by atoms with Gasteiger partial charge in [-0.1, -0.05) is 0 Å². The number of hydrogen-bond acceptors (Lipinski definition) is 4. The van der Waals surface area contributed by atoms with Crippen molar-refractivity contribution in [3.05, 3.63) is 39.8 Å². The van der Waals surface area contributed by atoms with Crippen molar-refractivity contribution in [2.45, 2.75) is 6.92 Å². The SMILES string of the molecule is Cc1nc([N+](=O)[O-])c2cc(C=O)ccn12. The molecule has 0 aliphatic carbocycles. The van der Waals surface area contributed by atoms with E-state index in [0.29, 0.717) is 23.2 Å². The van der Waals surface area contributed by atoms with E-state index in [4.69, 9.17) is 0 Å². The molecular weight excluding hydrogens is 198 g/mol. The minimum absolute atomic E-state index is 0.226. The molecule has 0 aliphatic heterocycles. The number of fused-ring (bicyclic) bond motifs is 1. The van der Waals surface area contributed by atoms with Gasteiger partial charge in [0.1, 0.15) is 11.8 Å². The fourth-order valence-corrected chi connectivity index (χ4v) is 1.44. The van der Waals surface area contributed by atoms with E-state index in [0.717, 1.165) is 0 Å². The second-order valence-electron chi connectivity index (χ2n) is 3.07. The monoisotopic (exact) mass is 205 g/mol. The van der Waals surface area contributed by atoms with Crippen molar-refractivity contribution in [3.8, 4) is 0 Å². The molecule has 0 aromatic carbocycles. The molecule has 6 nitrogen and oxygen atoms in total.